The maximum absolute atomic E-state index is 12.5. The molecule has 2 rings (SSSR count). The SMILES string of the molecule is C=CCn1c(=S)[nH]c2nc(SC)n(CCC)c2c1=O. The van der Waals surface area contributed by atoms with Gasteiger partial charge in [-0.3, -0.25) is 9.36 Å². The summed E-state index contributed by atoms with van der Waals surface area (Å²) in [4.78, 5) is 20.0. The molecule has 19 heavy (non-hydrogen) atoms. The van der Waals surface area contributed by atoms with Gasteiger partial charge in [0.05, 0.1) is 0 Å². The Hall–Kier alpha value is -1.34. The van der Waals surface area contributed by atoms with Crippen LogP contribution in [0.2, 0.25) is 0 Å². The number of H-pyrrole nitrogens is 1. The molecule has 0 atom stereocenters. The van der Waals surface area contributed by atoms with Gasteiger partial charge in [-0.2, -0.15) is 0 Å². The standard InChI is InChI=1S/C12H16N4OS2/c1-4-6-15-8-9(14-12(15)19-3)13-11(18)16(7-5-2)10(8)17/h5H,2,4,6-7H2,1,3H3,(H,13,18). The van der Waals surface area contributed by atoms with Crippen LogP contribution in [0.4, 0.5) is 0 Å². The number of nitrogens with zero attached hydrogens (tertiary/aromatic N) is 3. The first kappa shape index (κ1) is 14.1. The lowest BCUT2D eigenvalue weighted by Crippen LogP contribution is -2.23. The third kappa shape index (κ3) is 2.40. The third-order valence-corrected chi connectivity index (χ3v) is 3.79. The fourth-order valence-electron chi connectivity index (χ4n) is 2.01. The van der Waals surface area contributed by atoms with Gasteiger partial charge in [-0.1, -0.05) is 24.8 Å². The molecule has 0 aliphatic rings. The maximum Gasteiger partial charge on any atom is 0.280 e. The lowest BCUT2D eigenvalue weighted by molar-refractivity contribution is 0.633. The number of hydrogen-bond donors (Lipinski definition) is 1. The van der Waals surface area contributed by atoms with Crippen molar-refractivity contribution in [2.75, 3.05) is 6.26 Å². The summed E-state index contributed by atoms with van der Waals surface area (Å²) in [5.41, 5.74) is 1.04. The minimum Gasteiger partial charge on any atom is -0.315 e. The molecule has 0 saturated heterocycles. The molecule has 0 unspecified atom stereocenters. The predicted octanol–water partition coefficient (Wildman–Crippen LogP) is 2.57. The summed E-state index contributed by atoms with van der Waals surface area (Å²) < 4.78 is 3.83. The zero-order valence-electron chi connectivity index (χ0n) is 11.0. The van der Waals surface area contributed by atoms with Crippen LogP contribution in [0.1, 0.15) is 13.3 Å². The summed E-state index contributed by atoms with van der Waals surface area (Å²) in [7, 11) is 0. The quantitative estimate of drug-likeness (QED) is 0.523. The fraction of sp³-hybridized carbons (Fsp3) is 0.417. The van der Waals surface area contributed by atoms with Crippen molar-refractivity contribution in [3.8, 4) is 0 Å². The Morgan fingerprint density at radius 1 is 1.53 bits per heavy atom. The molecule has 5 nitrogen and oxygen atoms in total. The topological polar surface area (TPSA) is 55.6 Å². The van der Waals surface area contributed by atoms with Gasteiger partial charge in [0, 0.05) is 13.1 Å². The van der Waals surface area contributed by atoms with Crippen molar-refractivity contribution in [1.82, 2.24) is 19.1 Å². The first-order chi connectivity index (χ1) is 9.13. The van der Waals surface area contributed by atoms with Crippen LogP contribution in [-0.2, 0) is 13.1 Å². The molecular weight excluding hydrogens is 280 g/mol. The highest BCUT2D eigenvalue weighted by molar-refractivity contribution is 7.98. The number of thioether (sulfide) groups is 1. The van der Waals surface area contributed by atoms with Crippen LogP contribution in [0.25, 0.3) is 11.2 Å². The number of aromatic nitrogens is 4. The van der Waals surface area contributed by atoms with E-state index in [2.05, 4.69) is 23.5 Å². The van der Waals surface area contributed by atoms with Crippen LogP contribution < -0.4 is 5.56 Å². The Bertz CT molecular complexity index is 726. The van der Waals surface area contributed by atoms with E-state index in [1.165, 1.54) is 16.3 Å². The van der Waals surface area contributed by atoms with Crippen molar-refractivity contribution in [3.63, 3.8) is 0 Å². The maximum atomic E-state index is 12.5. The molecule has 0 saturated carbocycles. The second kappa shape index (κ2) is 5.75. The van der Waals surface area contributed by atoms with E-state index in [9.17, 15) is 4.79 Å². The second-order valence-corrected chi connectivity index (χ2v) is 5.24. The average molecular weight is 296 g/mol. The van der Waals surface area contributed by atoms with Crippen molar-refractivity contribution in [2.45, 2.75) is 31.6 Å². The van der Waals surface area contributed by atoms with Gasteiger partial charge in [0.25, 0.3) is 5.56 Å². The zero-order valence-corrected chi connectivity index (χ0v) is 12.6. The molecule has 2 aromatic rings. The predicted molar refractivity (Wildman–Crippen MR) is 81.4 cm³/mol. The molecular formula is C12H16N4OS2. The van der Waals surface area contributed by atoms with Gasteiger partial charge in [0.1, 0.15) is 0 Å². The molecule has 0 aliphatic carbocycles. The third-order valence-electron chi connectivity index (χ3n) is 2.79. The molecule has 7 heteroatoms. The van der Waals surface area contributed by atoms with Crippen molar-refractivity contribution in [2.24, 2.45) is 0 Å². The molecule has 0 radical (unpaired) electrons. The Labute approximate surface area is 120 Å². The molecule has 0 aromatic carbocycles. The number of nitrogens with one attached hydrogen (secondary N) is 1. The van der Waals surface area contributed by atoms with Gasteiger partial charge >= 0.3 is 0 Å². The highest BCUT2D eigenvalue weighted by Crippen LogP contribution is 2.19. The normalized spacial score (nSPS) is 11.1. The number of allylic oxidation sites excluding steroid dienone is 1. The first-order valence-corrected chi connectivity index (χ1v) is 7.65. The highest BCUT2D eigenvalue weighted by atomic mass is 32.2. The lowest BCUT2D eigenvalue weighted by Gasteiger charge is -2.06. The molecule has 0 aliphatic heterocycles. The number of hydrogen-bond acceptors (Lipinski definition) is 4. The summed E-state index contributed by atoms with van der Waals surface area (Å²) >= 11 is 6.71. The molecule has 1 N–H and O–H groups in total. The van der Waals surface area contributed by atoms with E-state index in [0.29, 0.717) is 22.5 Å². The van der Waals surface area contributed by atoms with Crippen molar-refractivity contribution >= 4 is 35.1 Å². The molecule has 0 amide bonds. The Balaban J connectivity index is 2.85. The van der Waals surface area contributed by atoms with E-state index in [1.54, 1.807) is 6.08 Å². The van der Waals surface area contributed by atoms with Gasteiger partial charge < -0.3 is 9.55 Å². The monoisotopic (exact) mass is 296 g/mol. The van der Waals surface area contributed by atoms with E-state index >= 15 is 0 Å². The van der Waals surface area contributed by atoms with Crippen LogP contribution in [0.15, 0.2) is 22.6 Å². The molecule has 0 fully saturated rings. The Kier molecular flexibility index (Phi) is 4.26. The summed E-state index contributed by atoms with van der Waals surface area (Å²) in [6.07, 6.45) is 4.55. The minimum absolute atomic E-state index is 0.111. The molecule has 2 aromatic heterocycles. The van der Waals surface area contributed by atoms with Crippen molar-refractivity contribution < 1.29 is 0 Å². The molecule has 102 valence electrons. The van der Waals surface area contributed by atoms with E-state index in [1.807, 2.05) is 10.8 Å². The number of aromatic amines is 1. The smallest absolute Gasteiger partial charge is 0.280 e. The summed E-state index contributed by atoms with van der Waals surface area (Å²) in [6, 6.07) is 0. The van der Waals surface area contributed by atoms with Gasteiger partial charge in [0.15, 0.2) is 21.1 Å². The summed E-state index contributed by atoms with van der Waals surface area (Å²) in [5.74, 6) is 0. The van der Waals surface area contributed by atoms with Crippen LogP contribution >= 0.6 is 24.0 Å². The lowest BCUT2D eigenvalue weighted by atomic mass is 10.4. The van der Waals surface area contributed by atoms with E-state index < -0.39 is 0 Å². The minimum atomic E-state index is -0.111. The largest absolute Gasteiger partial charge is 0.315 e. The Morgan fingerprint density at radius 3 is 2.84 bits per heavy atom. The highest BCUT2D eigenvalue weighted by Gasteiger charge is 2.15. The van der Waals surface area contributed by atoms with Gasteiger partial charge in [-0.15, -0.1) is 6.58 Å². The first-order valence-electron chi connectivity index (χ1n) is 6.02. The van der Waals surface area contributed by atoms with E-state index in [0.717, 1.165) is 18.1 Å². The van der Waals surface area contributed by atoms with Crippen LogP contribution in [0, 0.1) is 4.77 Å². The average Bonchev–Trinajstić information content (AvgIpc) is 2.73. The van der Waals surface area contributed by atoms with Crippen molar-refractivity contribution in [1.29, 1.82) is 0 Å². The number of rotatable bonds is 5. The number of fused-ring (bicyclic) bond motifs is 1. The number of imidazole rings is 1. The van der Waals surface area contributed by atoms with Gasteiger partial charge in [-0.05, 0) is 24.9 Å². The summed E-state index contributed by atoms with van der Waals surface area (Å²) in [5, 5.41) is 0.830. The van der Waals surface area contributed by atoms with Gasteiger partial charge in [0.2, 0.25) is 0 Å². The molecule has 0 spiro atoms. The number of aryl methyl sites for hydroxylation is 1. The van der Waals surface area contributed by atoms with E-state index in [4.69, 9.17) is 12.2 Å². The molecule has 0 bridgehead atoms. The van der Waals surface area contributed by atoms with Crippen LogP contribution in [0.5, 0.6) is 0 Å². The second-order valence-electron chi connectivity index (χ2n) is 4.08. The van der Waals surface area contributed by atoms with E-state index in [-0.39, 0.29) is 5.56 Å². The van der Waals surface area contributed by atoms with Crippen LogP contribution in [-0.4, -0.2) is 25.4 Å². The van der Waals surface area contributed by atoms with Crippen molar-refractivity contribution in [3.05, 3.63) is 27.8 Å². The summed E-state index contributed by atoms with van der Waals surface area (Å²) in [6.45, 7) is 6.89. The Morgan fingerprint density at radius 2 is 2.26 bits per heavy atom. The molecule has 2 heterocycles. The van der Waals surface area contributed by atoms with Crippen LogP contribution in [0.3, 0.4) is 0 Å². The van der Waals surface area contributed by atoms with Gasteiger partial charge in [-0.25, -0.2) is 4.98 Å². The fourth-order valence-corrected chi connectivity index (χ4v) is 2.85. The zero-order chi connectivity index (χ0) is 14.0.